The lowest BCUT2D eigenvalue weighted by Gasteiger charge is -2.27. The standard InChI is InChI=1S/C15H24BrNO2/c1-15(2,3)9-12(17-4)10-7-14(19-6)11(16)8-13(10)18-5/h7-8,12,17H,9H2,1-6H3. The summed E-state index contributed by atoms with van der Waals surface area (Å²) in [4.78, 5) is 0. The van der Waals surface area contributed by atoms with Gasteiger partial charge in [0.15, 0.2) is 0 Å². The van der Waals surface area contributed by atoms with Crippen LogP contribution in [-0.4, -0.2) is 21.3 Å². The van der Waals surface area contributed by atoms with E-state index in [1.807, 2.05) is 19.2 Å². The van der Waals surface area contributed by atoms with Crippen molar-refractivity contribution in [1.82, 2.24) is 5.32 Å². The number of hydrogen-bond acceptors (Lipinski definition) is 3. The Balaban J connectivity index is 3.21. The summed E-state index contributed by atoms with van der Waals surface area (Å²) in [7, 11) is 5.35. The Morgan fingerprint density at radius 3 is 2.16 bits per heavy atom. The zero-order chi connectivity index (χ0) is 14.6. The molecule has 0 bridgehead atoms. The second kappa shape index (κ2) is 6.62. The summed E-state index contributed by atoms with van der Waals surface area (Å²) >= 11 is 3.49. The normalized spacial score (nSPS) is 13.2. The lowest BCUT2D eigenvalue weighted by molar-refractivity contribution is 0.312. The zero-order valence-corrected chi connectivity index (χ0v) is 14.2. The van der Waals surface area contributed by atoms with Crippen molar-refractivity contribution in [3.63, 3.8) is 0 Å². The van der Waals surface area contributed by atoms with Crippen molar-refractivity contribution in [3.8, 4) is 11.5 Å². The molecule has 0 heterocycles. The predicted octanol–water partition coefficient (Wildman–Crippen LogP) is 4.16. The van der Waals surface area contributed by atoms with Gasteiger partial charge in [-0.05, 0) is 46.9 Å². The Labute approximate surface area is 124 Å². The number of halogens is 1. The summed E-state index contributed by atoms with van der Waals surface area (Å²) in [5.74, 6) is 1.70. The Morgan fingerprint density at radius 1 is 1.16 bits per heavy atom. The highest BCUT2D eigenvalue weighted by Gasteiger charge is 2.23. The fraction of sp³-hybridized carbons (Fsp3) is 0.600. The highest BCUT2D eigenvalue weighted by molar-refractivity contribution is 9.10. The van der Waals surface area contributed by atoms with E-state index in [0.717, 1.165) is 28.0 Å². The lowest BCUT2D eigenvalue weighted by atomic mass is 9.85. The second-order valence-corrected chi connectivity index (χ2v) is 6.69. The van der Waals surface area contributed by atoms with E-state index in [1.165, 1.54) is 0 Å². The summed E-state index contributed by atoms with van der Waals surface area (Å²) in [6.07, 6.45) is 1.02. The first-order valence-corrected chi connectivity index (χ1v) is 7.20. The van der Waals surface area contributed by atoms with E-state index in [9.17, 15) is 0 Å². The third-order valence-corrected chi connectivity index (χ3v) is 3.66. The van der Waals surface area contributed by atoms with Crippen LogP contribution in [0.15, 0.2) is 16.6 Å². The quantitative estimate of drug-likeness (QED) is 0.879. The van der Waals surface area contributed by atoms with Gasteiger partial charge in [-0.3, -0.25) is 0 Å². The van der Waals surface area contributed by atoms with Gasteiger partial charge >= 0.3 is 0 Å². The van der Waals surface area contributed by atoms with E-state index in [0.29, 0.717) is 0 Å². The highest BCUT2D eigenvalue weighted by Crippen LogP contribution is 2.39. The third-order valence-electron chi connectivity index (χ3n) is 3.04. The molecule has 3 nitrogen and oxygen atoms in total. The minimum atomic E-state index is 0.233. The van der Waals surface area contributed by atoms with Crippen LogP contribution in [0.3, 0.4) is 0 Å². The fourth-order valence-electron chi connectivity index (χ4n) is 2.14. The van der Waals surface area contributed by atoms with E-state index < -0.39 is 0 Å². The van der Waals surface area contributed by atoms with Crippen molar-refractivity contribution < 1.29 is 9.47 Å². The van der Waals surface area contributed by atoms with E-state index in [4.69, 9.17) is 9.47 Å². The number of nitrogens with one attached hydrogen (secondary N) is 1. The average Bonchev–Trinajstić information content (AvgIpc) is 2.34. The maximum Gasteiger partial charge on any atom is 0.133 e. The molecule has 108 valence electrons. The van der Waals surface area contributed by atoms with Gasteiger partial charge in [-0.2, -0.15) is 0 Å². The maximum absolute atomic E-state index is 5.50. The monoisotopic (exact) mass is 329 g/mol. The van der Waals surface area contributed by atoms with E-state index in [-0.39, 0.29) is 11.5 Å². The third kappa shape index (κ3) is 4.39. The largest absolute Gasteiger partial charge is 0.496 e. The van der Waals surface area contributed by atoms with Crippen molar-refractivity contribution in [2.75, 3.05) is 21.3 Å². The van der Waals surface area contributed by atoms with E-state index in [1.54, 1.807) is 14.2 Å². The number of rotatable bonds is 5. The molecule has 0 amide bonds. The molecule has 1 atom stereocenters. The minimum absolute atomic E-state index is 0.233. The molecule has 0 fully saturated rings. The first-order valence-electron chi connectivity index (χ1n) is 6.41. The van der Waals surface area contributed by atoms with Crippen LogP contribution in [0.25, 0.3) is 0 Å². The number of methoxy groups -OCH3 is 2. The molecule has 0 aliphatic carbocycles. The molecule has 1 aromatic carbocycles. The molecular formula is C15H24BrNO2. The molecule has 0 aliphatic rings. The smallest absolute Gasteiger partial charge is 0.133 e. The van der Waals surface area contributed by atoms with E-state index >= 15 is 0 Å². The average molecular weight is 330 g/mol. The SMILES string of the molecule is CNC(CC(C)(C)C)c1cc(OC)c(Br)cc1OC. The first kappa shape index (κ1) is 16.3. The van der Waals surface area contributed by atoms with Gasteiger partial charge in [0.05, 0.1) is 18.7 Å². The molecule has 0 spiro atoms. The second-order valence-electron chi connectivity index (χ2n) is 5.83. The predicted molar refractivity (Wildman–Crippen MR) is 83.1 cm³/mol. The first-order chi connectivity index (χ1) is 8.82. The van der Waals surface area contributed by atoms with Crippen LogP contribution in [0.1, 0.15) is 38.8 Å². The zero-order valence-electron chi connectivity index (χ0n) is 12.6. The summed E-state index contributed by atoms with van der Waals surface area (Å²) < 4.78 is 11.8. The van der Waals surface area contributed by atoms with Crippen LogP contribution in [0.4, 0.5) is 0 Å². The molecule has 19 heavy (non-hydrogen) atoms. The number of benzene rings is 1. The highest BCUT2D eigenvalue weighted by atomic mass is 79.9. The van der Waals surface area contributed by atoms with Gasteiger partial charge in [-0.1, -0.05) is 20.8 Å². The Bertz CT molecular complexity index is 427. The topological polar surface area (TPSA) is 30.5 Å². The van der Waals surface area contributed by atoms with Gasteiger partial charge in [0.1, 0.15) is 11.5 Å². The molecule has 1 aromatic rings. The molecular weight excluding hydrogens is 306 g/mol. The Kier molecular flexibility index (Phi) is 5.68. The summed E-state index contributed by atoms with van der Waals surface area (Å²) in [6.45, 7) is 6.71. The van der Waals surface area contributed by atoms with Crippen molar-refractivity contribution in [2.45, 2.75) is 33.2 Å². The molecule has 0 saturated carbocycles. The minimum Gasteiger partial charge on any atom is -0.496 e. The van der Waals surface area contributed by atoms with Gasteiger partial charge < -0.3 is 14.8 Å². The van der Waals surface area contributed by atoms with Crippen LogP contribution in [0.2, 0.25) is 0 Å². The Hall–Kier alpha value is -0.740. The maximum atomic E-state index is 5.50. The molecule has 1 unspecified atom stereocenters. The van der Waals surface area contributed by atoms with Gasteiger partial charge in [-0.25, -0.2) is 0 Å². The van der Waals surface area contributed by atoms with Crippen LogP contribution >= 0.6 is 15.9 Å². The van der Waals surface area contributed by atoms with E-state index in [2.05, 4.69) is 42.0 Å². The van der Waals surface area contributed by atoms with Gasteiger partial charge in [0, 0.05) is 11.6 Å². The molecule has 0 aliphatic heterocycles. The molecule has 0 aromatic heterocycles. The van der Waals surface area contributed by atoms with Gasteiger partial charge in [0.25, 0.3) is 0 Å². The van der Waals surface area contributed by atoms with Crippen molar-refractivity contribution in [3.05, 3.63) is 22.2 Å². The summed E-state index contributed by atoms with van der Waals surface area (Å²) in [6, 6.07) is 4.23. The molecule has 0 saturated heterocycles. The molecule has 1 rings (SSSR count). The molecule has 4 heteroatoms. The van der Waals surface area contributed by atoms with Crippen molar-refractivity contribution in [2.24, 2.45) is 5.41 Å². The van der Waals surface area contributed by atoms with Crippen LogP contribution in [0, 0.1) is 5.41 Å². The summed E-state index contributed by atoms with van der Waals surface area (Å²) in [5, 5.41) is 3.37. The number of ether oxygens (including phenoxy) is 2. The van der Waals surface area contributed by atoms with Crippen LogP contribution in [0.5, 0.6) is 11.5 Å². The van der Waals surface area contributed by atoms with Crippen molar-refractivity contribution >= 4 is 15.9 Å². The Morgan fingerprint density at radius 2 is 1.74 bits per heavy atom. The number of hydrogen-bond donors (Lipinski definition) is 1. The summed E-state index contributed by atoms with van der Waals surface area (Å²) in [5.41, 5.74) is 1.36. The fourth-order valence-corrected chi connectivity index (χ4v) is 2.62. The van der Waals surface area contributed by atoms with Gasteiger partial charge in [-0.15, -0.1) is 0 Å². The van der Waals surface area contributed by atoms with Crippen molar-refractivity contribution in [1.29, 1.82) is 0 Å². The van der Waals surface area contributed by atoms with Gasteiger partial charge in [0.2, 0.25) is 0 Å². The van der Waals surface area contributed by atoms with Crippen LogP contribution in [-0.2, 0) is 0 Å². The molecule has 0 radical (unpaired) electrons. The molecule has 1 N–H and O–H groups in total. The van der Waals surface area contributed by atoms with Crippen LogP contribution < -0.4 is 14.8 Å². The lowest BCUT2D eigenvalue weighted by Crippen LogP contribution is -2.23.